The minimum Gasteiger partial charge on any atom is -1.00 e. The highest BCUT2D eigenvalue weighted by Crippen LogP contribution is 2.36. The van der Waals surface area contributed by atoms with Crippen LogP contribution in [0.25, 0.3) is 12.2 Å². The van der Waals surface area contributed by atoms with E-state index >= 15 is 0 Å². The second kappa shape index (κ2) is 8.74. The first-order chi connectivity index (χ1) is 10.6. The third kappa shape index (κ3) is 4.36. The zero-order chi connectivity index (χ0) is 16.1. The van der Waals surface area contributed by atoms with Crippen LogP contribution in [0.15, 0.2) is 12.1 Å². The number of aromatic nitrogens is 2. The molecule has 2 rings (SSSR count). The van der Waals surface area contributed by atoms with Gasteiger partial charge in [-0.1, -0.05) is 4.68 Å². The lowest BCUT2D eigenvalue weighted by atomic mass is 10.1. The van der Waals surface area contributed by atoms with E-state index in [2.05, 4.69) is 12.0 Å². The molecule has 2 aromatic rings. The maximum atomic E-state index is 5.47. The highest BCUT2D eigenvalue weighted by Gasteiger charge is 2.15. The van der Waals surface area contributed by atoms with Gasteiger partial charge in [-0.05, 0) is 37.3 Å². The zero-order valence-electron chi connectivity index (χ0n) is 13.9. The van der Waals surface area contributed by atoms with Crippen molar-refractivity contribution >= 4 is 23.5 Å². The maximum Gasteiger partial charge on any atom is 0.289 e. The summed E-state index contributed by atoms with van der Waals surface area (Å²) in [7, 11) is 4.87. The fourth-order valence-electron chi connectivity index (χ4n) is 2.16. The van der Waals surface area contributed by atoms with E-state index in [4.69, 9.17) is 14.2 Å². The maximum absolute atomic E-state index is 5.47. The van der Waals surface area contributed by atoms with E-state index < -0.39 is 0 Å². The molecule has 0 saturated heterocycles. The molecule has 0 amide bonds. The van der Waals surface area contributed by atoms with Crippen LogP contribution in [0.5, 0.6) is 17.2 Å². The second-order valence-electron chi connectivity index (χ2n) is 4.56. The predicted octanol–water partition coefficient (Wildman–Crippen LogP) is -0.0409. The largest absolute Gasteiger partial charge is 1.00 e. The molecule has 0 atom stereocenters. The number of benzene rings is 1. The summed E-state index contributed by atoms with van der Waals surface area (Å²) >= 11 is 1.65. The summed E-state index contributed by atoms with van der Waals surface area (Å²) in [6.45, 7) is 4.91. The molecule has 23 heavy (non-hydrogen) atoms. The molecular weight excluding hydrogens is 336 g/mol. The lowest BCUT2D eigenvalue weighted by Crippen LogP contribution is -3.00. The van der Waals surface area contributed by atoms with Crippen LogP contribution in [0, 0.1) is 6.92 Å². The highest BCUT2D eigenvalue weighted by molar-refractivity contribution is 7.11. The zero-order valence-corrected chi connectivity index (χ0v) is 15.5. The summed E-state index contributed by atoms with van der Waals surface area (Å²) in [5, 5.41) is 6.58. The van der Waals surface area contributed by atoms with Crippen LogP contribution >= 0.6 is 11.3 Å². The van der Waals surface area contributed by atoms with Gasteiger partial charge in [0.25, 0.3) is 5.01 Å². The van der Waals surface area contributed by atoms with Gasteiger partial charge in [0.1, 0.15) is 5.75 Å². The van der Waals surface area contributed by atoms with Gasteiger partial charge in [-0.3, -0.25) is 0 Å². The number of methoxy groups -OCH3 is 3. The van der Waals surface area contributed by atoms with Crippen LogP contribution in [-0.4, -0.2) is 26.4 Å². The number of ether oxygens (including phenoxy) is 3. The molecule has 1 aromatic heterocycles. The monoisotopic (exact) mass is 356 g/mol. The normalized spacial score (nSPS) is 10.5. The molecule has 0 unspecified atom stereocenters. The fourth-order valence-corrected chi connectivity index (χ4v) is 3.01. The van der Waals surface area contributed by atoms with Crippen molar-refractivity contribution in [3.8, 4) is 17.2 Å². The molecular formula is C16H21ClN2O3S. The third-order valence-corrected chi connectivity index (χ3v) is 4.12. The highest BCUT2D eigenvalue weighted by atomic mass is 35.5. The molecule has 5 nitrogen and oxygen atoms in total. The summed E-state index contributed by atoms with van der Waals surface area (Å²) in [4.78, 5) is 0. The number of hydrogen-bond acceptors (Lipinski definition) is 5. The van der Waals surface area contributed by atoms with Gasteiger partial charge in [-0.25, -0.2) is 0 Å². The van der Waals surface area contributed by atoms with Crippen LogP contribution < -0.4 is 31.3 Å². The molecule has 0 fully saturated rings. The van der Waals surface area contributed by atoms with Gasteiger partial charge in [0.2, 0.25) is 0 Å². The molecule has 126 valence electrons. The third-order valence-electron chi connectivity index (χ3n) is 3.19. The van der Waals surface area contributed by atoms with E-state index in [1.54, 1.807) is 38.7 Å². The van der Waals surface area contributed by atoms with Crippen LogP contribution in [-0.2, 0) is 6.54 Å². The molecule has 0 saturated carbocycles. The van der Waals surface area contributed by atoms with Crippen molar-refractivity contribution < 1.29 is 31.3 Å². The van der Waals surface area contributed by atoms with Crippen molar-refractivity contribution in [2.24, 2.45) is 0 Å². The van der Waals surface area contributed by atoms with Crippen molar-refractivity contribution in [1.82, 2.24) is 5.10 Å². The van der Waals surface area contributed by atoms with Gasteiger partial charge in [0.05, 0.1) is 21.3 Å². The van der Waals surface area contributed by atoms with Crippen molar-refractivity contribution in [2.75, 3.05) is 21.3 Å². The lowest BCUT2D eigenvalue weighted by Gasteiger charge is -2.12. The van der Waals surface area contributed by atoms with E-state index in [0.29, 0.717) is 11.5 Å². The van der Waals surface area contributed by atoms with Gasteiger partial charge >= 0.3 is 0 Å². The average molecular weight is 357 g/mol. The SMILES string of the molecule is CC[n+]1nc(C)sc1/C=C/c1cc(OC)cc(OC)c1OC.[Cl-]. The smallest absolute Gasteiger partial charge is 0.289 e. The number of hydrogen-bond donors (Lipinski definition) is 0. The minimum absolute atomic E-state index is 0. The molecule has 0 spiro atoms. The minimum atomic E-state index is 0. The van der Waals surface area contributed by atoms with E-state index in [1.165, 1.54) is 0 Å². The van der Waals surface area contributed by atoms with Gasteiger partial charge < -0.3 is 26.6 Å². The number of halogens is 1. The Balaban J connectivity index is 0.00000264. The summed E-state index contributed by atoms with van der Waals surface area (Å²) < 4.78 is 18.1. The Labute approximate surface area is 146 Å². The Morgan fingerprint density at radius 2 is 1.87 bits per heavy atom. The Bertz CT molecular complexity index is 686. The first kappa shape index (κ1) is 19.3. The summed E-state index contributed by atoms with van der Waals surface area (Å²) in [5.41, 5.74) is 0.896. The Morgan fingerprint density at radius 1 is 1.13 bits per heavy atom. The molecule has 7 heteroatoms. The summed E-state index contributed by atoms with van der Waals surface area (Å²) in [6, 6.07) is 3.72. The van der Waals surface area contributed by atoms with Gasteiger partial charge in [-0.15, -0.1) is 0 Å². The number of aryl methyl sites for hydroxylation is 2. The Kier molecular flexibility index (Phi) is 7.32. The van der Waals surface area contributed by atoms with E-state index in [-0.39, 0.29) is 12.4 Å². The molecule has 0 bridgehead atoms. The molecule has 0 aliphatic rings. The molecule has 0 aliphatic heterocycles. The molecule has 1 heterocycles. The van der Waals surface area contributed by atoms with Gasteiger partial charge in [0, 0.05) is 22.8 Å². The van der Waals surface area contributed by atoms with E-state index in [9.17, 15) is 0 Å². The van der Waals surface area contributed by atoms with Crippen molar-refractivity contribution in [1.29, 1.82) is 0 Å². The van der Waals surface area contributed by atoms with E-state index in [0.717, 1.165) is 27.9 Å². The van der Waals surface area contributed by atoms with Crippen LogP contribution in [0.4, 0.5) is 0 Å². The molecule has 0 radical (unpaired) electrons. The first-order valence-electron chi connectivity index (χ1n) is 6.98. The Hall–Kier alpha value is -1.79. The fraction of sp³-hybridized carbons (Fsp3) is 0.375. The number of rotatable bonds is 6. The van der Waals surface area contributed by atoms with Crippen molar-refractivity contribution in [3.05, 3.63) is 27.7 Å². The summed E-state index contributed by atoms with van der Waals surface area (Å²) in [6.07, 6.45) is 4.02. The Morgan fingerprint density at radius 3 is 2.43 bits per heavy atom. The van der Waals surface area contributed by atoms with Crippen LogP contribution in [0.1, 0.15) is 22.5 Å². The molecule has 0 aliphatic carbocycles. The second-order valence-corrected chi connectivity index (χ2v) is 5.77. The standard InChI is InChI=1S/C16H21N2O3S.ClH/c1-6-18-15(22-11(2)17-18)8-7-12-9-13(19-3)10-14(20-4)16(12)21-5;/h7-10H,6H2,1-5H3;1H/q+1;/p-1/b8-7+;. The quantitative estimate of drug-likeness (QED) is 0.681. The topological polar surface area (TPSA) is 44.5 Å². The van der Waals surface area contributed by atoms with Gasteiger partial charge in [0.15, 0.2) is 23.1 Å². The first-order valence-corrected chi connectivity index (χ1v) is 7.80. The summed E-state index contributed by atoms with van der Waals surface area (Å²) in [5.74, 6) is 2.05. The van der Waals surface area contributed by atoms with Crippen LogP contribution in [0.2, 0.25) is 0 Å². The van der Waals surface area contributed by atoms with Crippen molar-refractivity contribution in [3.63, 3.8) is 0 Å². The average Bonchev–Trinajstić information content (AvgIpc) is 2.91. The van der Waals surface area contributed by atoms with Gasteiger partial charge in [-0.2, -0.15) is 0 Å². The molecule has 1 aromatic carbocycles. The van der Waals surface area contributed by atoms with Crippen LogP contribution in [0.3, 0.4) is 0 Å². The predicted molar refractivity (Wildman–Crippen MR) is 87.7 cm³/mol. The van der Waals surface area contributed by atoms with Crippen molar-refractivity contribution in [2.45, 2.75) is 20.4 Å². The van der Waals surface area contributed by atoms with E-state index in [1.807, 2.05) is 29.8 Å². The lowest BCUT2D eigenvalue weighted by molar-refractivity contribution is -0.747. The molecule has 0 N–H and O–H groups in total. The number of nitrogens with zero attached hydrogens (tertiary/aromatic N) is 2.